The Bertz CT molecular complexity index is 151. The van der Waals surface area contributed by atoms with Crippen LogP contribution in [0.4, 0.5) is 0 Å². The van der Waals surface area contributed by atoms with Gasteiger partial charge in [-0.3, -0.25) is 0 Å². The summed E-state index contributed by atoms with van der Waals surface area (Å²) < 4.78 is 17.8. The summed E-state index contributed by atoms with van der Waals surface area (Å²) in [4.78, 5) is 21.2. The van der Waals surface area contributed by atoms with Crippen molar-refractivity contribution < 1.29 is 28.5 Å². The van der Waals surface area contributed by atoms with Gasteiger partial charge in [0, 0.05) is 14.2 Å². The van der Waals surface area contributed by atoms with E-state index in [1.54, 1.807) is 0 Å². The maximum atomic E-state index is 10.6. The number of rotatable bonds is 6. The van der Waals surface area contributed by atoms with E-state index in [4.69, 9.17) is 0 Å². The van der Waals surface area contributed by atoms with Crippen LogP contribution in [-0.2, 0) is 28.5 Å². The van der Waals surface area contributed by atoms with Crippen LogP contribution in [0.3, 0.4) is 0 Å². The van der Waals surface area contributed by atoms with Crippen LogP contribution >= 0.6 is 0 Å². The van der Waals surface area contributed by atoms with Crippen LogP contribution in [0.5, 0.6) is 0 Å². The van der Waals surface area contributed by atoms with E-state index in [0.29, 0.717) is 0 Å². The van der Waals surface area contributed by atoms with Crippen molar-refractivity contribution in [3.63, 3.8) is 0 Å². The normalized spacial score (nSPS) is 7.18. The zero-order valence-corrected chi connectivity index (χ0v) is 7.57. The van der Waals surface area contributed by atoms with Gasteiger partial charge in [0.05, 0.1) is 0 Å². The van der Waals surface area contributed by atoms with Gasteiger partial charge in [0.15, 0.2) is 0 Å². The number of hydrogen-bond acceptors (Lipinski definition) is 6. The summed E-state index contributed by atoms with van der Waals surface area (Å²) in [6.07, 6.45) is 0. The summed E-state index contributed by atoms with van der Waals surface area (Å²) in [6.45, 7) is -0.742. The summed E-state index contributed by atoms with van der Waals surface area (Å²) in [5.41, 5.74) is 0. The molecule has 0 unspecified atom stereocenters. The molecule has 0 N–H and O–H groups in total. The Labute approximate surface area is 105 Å². The molecular formula is C11H28O6. The van der Waals surface area contributed by atoms with Crippen molar-refractivity contribution in [2.24, 2.45) is 0 Å². The van der Waals surface area contributed by atoms with Crippen LogP contribution in [0.1, 0.15) is 29.7 Å². The molecule has 0 fully saturated rings. The van der Waals surface area contributed by atoms with Crippen LogP contribution in [0.2, 0.25) is 0 Å². The fourth-order valence-electron chi connectivity index (χ4n) is 0.480. The highest BCUT2D eigenvalue weighted by Crippen LogP contribution is 1.84. The Morgan fingerprint density at radius 1 is 0.765 bits per heavy atom. The van der Waals surface area contributed by atoms with Crippen LogP contribution in [0.25, 0.3) is 0 Å². The molecule has 17 heavy (non-hydrogen) atoms. The summed E-state index contributed by atoms with van der Waals surface area (Å²) in [5, 5.41) is 0. The standard InChI is InChI=1S/C7H12O6.4CH4/c1-10-3-6(8)12-5-13-7(9)4-11-2;;;;/h3-5H2,1-2H3;4*1H4. The first-order valence-electron chi connectivity index (χ1n) is 3.49. The van der Waals surface area contributed by atoms with Gasteiger partial charge >= 0.3 is 11.9 Å². The molecule has 0 aliphatic rings. The van der Waals surface area contributed by atoms with Gasteiger partial charge in [-0.1, -0.05) is 29.7 Å². The van der Waals surface area contributed by atoms with Gasteiger partial charge in [-0.05, 0) is 0 Å². The fourth-order valence-corrected chi connectivity index (χ4v) is 0.480. The number of hydrogen-bond donors (Lipinski definition) is 0. The molecule has 0 bridgehead atoms. The molecule has 0 atom stereocenters. The lowest BCUT2D eigenvalue weighted by molar-refractivity contribution is -0.171. The average molecular weight is 256 g/mol. The molecule has 0 amide bonds. The summed E-state index contributed by atoms with van der Waals surface area (Å²) in [7, 11) is 2.72. The van der Waals surface area contributed by atoms with Gasteiger partial charge in [0.1, 0.15) is 13.2 Å². The topological polar surface area (TPSA) is 71.1 Å². The van der Waals surface area contributed by atoms with Crippen molar-refractivity contribution >= 4 is 11.9 Å². The Balaban J connectivity index is -0.000000120. The van der Waals surface area contributed by atoms with Gasteiger partial charge in [-0.15, -0.1) is 0 Å². The monoisotopic (exact) mass is 256 g/mol. The summed E-state index contributed by atoms with van der Waals surface area (Å²) in [6, 6.07) is 0. The quantitative estimate of drug-likeness (QED) is 0.533. The maximum absolute atomic E-state index is 10.6. The molecule has 0 saturated heterocycles. The molecule has 0 spiro atoms. The third-order valence-electron chi connectivity index (χ3n) is 0.964. The van der Waals surface area contributed by atoms with E-state index in [9.17, 15) is 9.59 Å². The molecule has 0 radical (unpaired) electrons. The molecule has 0 aromatic rings. The lowest BCUT2D eigenvalue weighted by Gasteiger charge is -2.04. The number of carbonyl (C=O) groups excluding carboxylic acids is 2. The van der Waals surface area contributed by atoms with Gasteiger partial charge in [0.2, 0.25) is 6.79 Å². The second kappa shape index (κ2) is 20.3. The zero-order chi connectivity index (χ0) is 10.1. The van der Waals surface area contributed by atoms with E-state index < -0.39 is 18.7 Å². The highest BCUT2D eigenvalue weighted by Gasteiger charge is 2.04. The van der Waals surface area contributed by atoms with E-state index in [0.717, 1.165) is 0 Å². The van der Waals surface area contributed by atoms with Gasteiger partial charge in [-0.25, -0.2) is 9.59 Å². The highest BCUT2D eigenvalue weighted by atomic mass is 16.7. The molecule has 108 valence electrons. The lowest BCUT2D eigenvalue weighted by Crippen LogP contribution is -2.18. The SMILES string of the molecule is C.C.C.C.COCC(=O)OCOC(=O)COC. The Morgan fingerprint density at radius 2 is 1.06 bits per heavy atom. The average Bonchev–Trinajstić information content (AvgIpc) is 2.05. The van der Waals surface area contributed by atoms with Crippen LogP contribution < -0.4 is 0 Å². The lowest BCUT2D eigenvalue weighted by atomic mass is 10.7. The van der Waals surface area contributed by atoms with Crippen molar-refractivity contribution in [1.82, 2.24) is 0 Å². The minimum Gasteiger partial charge on any atom is -0.426 e. The van der Waals surface area contributed by atoms with Crippen molar-refractivity contribution in [1.29, 1.82) is 0 Å². The molecule has 0 aliphatic heterocycles. The van der Waals surface area contributed by atoms with Gasteiger partial charge < -0.3 is 18.9 Å². The van der Waals surface area contributed by atoms with Crippen LogP contribution in [0.15, 0.2) is 0 Å². The molecule has 0 saturated carbocycles. The van der Waals surface area contributed by atoms with Crippen molar-refractivity contribution in [3.8, 4) is 0 Å². The number of ether oxygens (including phenoxy) is 4. The highest BCUT2D eigenvalue weighted by molar-refractivity contribution is 5.72. The molecular weight excluding hydrogens is 228 g/mol. The third kappa shape index (κ3) is 20.8. The fraction of sp³-hybridized carbons (Fsp3) is 0.818. The molecule has 6 nitrogen and oxygen atoms in total. The smallest absolute Gasteiger partial charge is 0.334 e. The summed E-state index contributed by atoms with van der Waals surface area (Å²) >= 11 is 0. The number of methoxy groups -OCH3 is 2. The van der Waals surface area contributed by atoms with E-state index >= 15 is 0 Å². The Kier molecular flexibility index (Phi) is 35.4. The predicted molar refractivity (Wildman–Crippen MR) is 67.7 cm³/mol. The summed E-state index contributed by atoms with van der Waals surface area (Å²) in [5.74, 6) is -1.18. The van der Waals surface area contributed by atoms with Gasteiger partial charge in [0.25, 0.3) is 0 Å². The minimum atomic E-state index is -0.590. The minimum absolute atomic E-state index is 0. The van der Waals surface area contributed by atoms with Gasteiger partial charge in [-0.2, -0.15) is 0 Å². The predicted octanol–water partition coefficient (Wildman–Crippen LogP) is 1.87. The molecule has 0 heterocycles. The molecule has 0 aromatic carbocycles. The second-order valence-corrected chi connectivity index (χ2v) is 2.02. The second-order valence-electron chi connectivity index (χ2n) is 2.02. The van der Waals surface area contributed by atoms with E-state index in [2.05, 4.69) is 18.9 Å². The molecule has 0 rings (SSSR count). The largest absolute Gasteiger partial charge is 0.426 e. The third-order valence-corrected chi connectivity index (χ3v) is 0.964. The molecule has 0 aromatic heterocycles. The van der Waals surface area contributed by atoms with Crippen molar-refractivity contribution in [3.05, 3.63) is 0 Å². The Morgan fingerprint density at radius 3 is 1.29 bits per heavy atom. The first-order chi connectivity index (χ1) is 6.20. The van der Waals surface area contributed by atoms with Crippen molar-refractivity contribution in [2.45, 2.75) is 29.7 Å². The maximum Gasteiger partial charge on any atom is 0.334 e. The van der Waals surface area contributed by atoms with E-state index in [1.165, 1.54) is 14.2 Å². The zero-order valence-electron chi connectivity index (χ0n) is 7.57. The number of esters is 2. The van der Waals surface area contributed by atoms with Crippen LogP contribution in [0, 0.1) is 0 Å². The first-order valence-corrected chi connectivity index (χ1v) is 3.49. The molecule has 0 aliphatic carbocycles. The van der Waals surface area contributed by atoms with Crippen LogP contribution in [-0.4, -0.2) is 46.2 Å². The molecule has 6 heteroatoms. The Hall–Kier alpha value is -1.14. The van der Waals surface area contributed by atoms with E-state index in [-0.39, 0.29) is 42.9 Å². The van der Waals surface area contributed by atoms with E-state index in [1.807, 2.05) is 0 Å². The first kappa shape index (κ1) is 29.7. The number of carbonyl (C=O) groups is 2. The van der Waals surface area contributed by atoms with Crippen molar-refractivity contribution in [2.75, 3.05) is 34.2 Å².